The Hall–Kier alpha value is -1.63. The van der Waals surface area contributed by atoms with Gasteiger partial charge in [0, 0.05) is 11.1 Å². The lowest BCUT2D eigenvalue weighted by Gasteiger charge is -2.11. The minimum atomic E-state index is -4.53. The van der Waals surface area contributed by atoms with E-state index in [1.54, 1.807) is 13.8 Å². The molecule has 102 valence electrons. The number of aromatic carboxylic acids is 1. The number of halogens is 3. The molecule has 0 aliphatic carbocycles. The summed E-state index contributed by atoms with van der Waals surface area (Å²) >= 11 is 0.757. The summed E-state index contributed by atoms with van der Waals surface area (Å²) in [5.41, 5.74) is -0.524. The van der Waals surface area contributed by atoms with Gasteiger partial charge in [0.1, 0.15) is 9.71 Å². The van der Waals surface area contributed by atoms with Crippen LogP contribution in [0.4, 0.5) is 13.2 Å². The van der Waals surface area contributed by atoms with Crippen molar-refractivity contribution in [2.45, 2.75) is 25.9 Å². The molecule has 7 heteroatoms. The molecule has 19 heavy (non-hydrogen) atoms. The fourth-order valence-corrected chi connectivity index (χ4v) is 2.57. The molecule has 0 spiro atoms. The van der Waals surface area contributed by atoms with Gasteiger partial charge in [-0.1, -0.05) is 13.8 Å². The molecule has 3 nitrogen and oxygen atoms in total. The van der Waals surface area contributed by atoms with Crippen molar-refractivity contribution in [3.63, 3.8) is 0 Å². The molecule has 2 heterocycles. The summed E-state index contributed by atoms with van der Waals surface area (Å²) in [7, 11) is 0. The van der Waals surface area contributed by atoms with Crippen molar-refractivity contribution in [1.82, 2.24) is 4.98 Å². The molecular weight excluding hydrogens is 279 g/mol. The normalized spacial score (nSPS) is 12.3. The zero-order valence-electron chi connectivity index (χ0n) is 10.1. The summed E-state index contributed by atoms with van der Waals surface area (Å²) in [5.74, 6) is -1.41. The van der Waals surface area contributed by atoms with Crippen LogP contribution in [0.2, 0.25) is 0 Å². The van der Waals surface area contributed by atoms with Crippen molar-refractivity contribution in [2.75, 3.05) is 0 Å². The van der Waals surface area contributed by atoms with Gasteiger partial charge >= 0.3 is 12.1 Å². The zero-order valence-corrected chi connectivity index (χ0v) is 10.9. The maximum Gasteiger partial charge on any atom is 0.417 e. The second-order valence-corrected chi connectivity index (χ2v) is 5.41. The smallest absolute Gasteiger partial charge is 0.417 e. The maximum absolute atomic E-state index is 13.0. The van der Waals surface area contributed by atoms with Crippen LogP contribution in [0, 0.1) is 0 Å². The van der Waals surface area contributed by atoms with E-state index in [2.05, 4.69) is 4.98 Å². The lowest BCUT2D eigenvalue weighted by Crippen LogP contribution is -2.07. The molecule has 0 radical (unpaired) electrons. The molecule has 0 aliphatic rings. The lowest BCUT2D eigenvalue weighted by atomic mass is 10.1. The molecule has 2 aromatic rings. The third kappa shape index (κ3) is 2.56. The minimum Gasteiger partial charge on any atom is -0.477 e. The van der Waals surface area contributed by atoms with E-state index in [0.717, 1.165) is 23.5 Å². The monoisotopic (exact) mass is 289 g/mol. The van der Waals surface area contributed by atoms with Crippen molar-refractivity contribution in [2.24, 2.45) is 0 Å². The summed E-state index contributed by atoms with van der Waals surface area (Å²) in [6.45, 7) is 3.47. The van der Waals surface area contributed by atoms with E-state index in [-0.39, 0.29) is 21.0 Å². The van der Waals surface area contributed by atoms with Gasteiger partial charge in [-0.3, -0.25) is 0 Å². The van der Waals surface area contributed by atoms with Gasteiger partial charge in [-0.15, -0.1) is 11.3 Å². The van der Waals surface area contributed by atoms with Gasteiger partial charge in [0.2, 0.25) is 0 Å². The Morgan fingerprint density at radius 2 is 2.00 bits per heavy atom. The van der Waals surface area contributed by atoms with E-state index in [1.165, 1.54) is 0 Å². The first-order valence-electron chi connectivity index (χ1n) is 5.45. The van der Waals surface area contributed by atoms with E-state index < -0.39 is 17.7 Å². The Kier molecular flexibility index (Phi) is 3.25. The van der Waals surface area contributed by atoms with Gasteiger partial charge in [0.05, 0.1) is 5.56 Å². The highest BCUT2D eigenvalue weighted by Crippen LogP contribution is 2.38. The summed E-state index contributed by atoms with van der Waals surface area (Å²) in [6, 6.07) is 2.02. The van der Waals surface area contributed by atoms with E-state index in [0.29, 0.717) is 5.69 Å². The molecule has 0 atom stereocenters. The molecule has 2 rings (SSSR count). The number of nitrogens with zero attached hydrogens (tertiary/aromatic N) is 1. The third-order valence-electron chi connectivity index (χ3n) is 2.63. The van der Waals surface area contributed by atoms with Crippen molar-refractivity contribution < 1.29 is 23.1 Å². The highest BCUT2D eigenvalue weighted by molar-refractivity contribution is 7.20. The number of alkyl halides is 3. The van der Waals surface area contributed by atoms with Crippen LogP contribution in [0.1, 0.15) is 40.7 Å². The van der Waals surface area contributed by atoms with Crippen LogP contribution in [0.5, 0.6) is 0 Å². The molecule has 0 unspecified atom stereocenters. The summed E-state index contributed by atoms with van der Waals surface area (Å²) in [5, 5.41) is 8.71. The van der Waals surface area contributed by atoms with E-state index in [1.807, 2.05) is 0 Å². The number of pyridine rings is 1. The Balaban J connectivity index is 2.79. The number of rotatable bonds is 2. The van der Waals surface area contributed by atoms with Gasteiger partial charge in [-0.2, -0.15) is 13.2 Å². The highest BCUT2D eigenvalue weighted by atomic mass is 32.1. The van der Waals surface area contributed by atoms with E-state index in [4.69, 9.17) is 5.11 Å². The van der Waals surface area contributed by atoms with E-state index in [9.17, 15) is 18.0 Å². The first-order chi connectivity index (χ1) is 8.70. The topological polar surface area (TPSA) is 50.2 Å². The molecule has 2 aromatic heterocycles. The Morgan fingerprint density at radius 1 is 1.37 bits per heavy atom. The first-order valence-corrected chi connectivity index (χ1v) is 6.26. The predicted octanol–water partition coefficient (Wildman–Crippen LogP) is 4.14. The quantitative estimate of drug-likeness (QED) is 0.904. The van der Waals surface area contributed by atoms with Crippen LogP contribution < -0.4 is 0 Å². The number of thiophene rings is 1. The molecule has 0 aliphatic heterocycles. The molecule has 0 saturated heterocycles. The number of carbonyl (C=O) groups is 1. The zero-order chi connectivity index (χ0) is 14.4. The Labute approximate surface area is 110 Å². The second kappa shape index (κ2) is 4.48. The fourth-order valence-electron chi connectivity index (χ4n) is 1.67. The number of fused-ring (bicyclic) bond motifs is 1. The van der Waals surface area contributed by atoms with Crippen LogP contribution in [0.15, 0.2) is 12.1 Å². The predicted molar refractivity (Wildman–Crippen MR) is 65.7 cm³/mol. The van der Waals surface area contributed by atoms with Crippen molar-refractivity contribution in [3.8, 4) is 0 Å². The number of carboxylic acid groups (broad SMARTS) is 1. The van der Waals surface area contributed by atoms with E-state index >= 15 is 0 Å². The second-order valence-electron chi connectivity index (χ2n) is 4.38. The molecule has 0 amide bonds. The van der Waals surface area contributed by atoms with Gasteiger partial charge in [0.25, 0.3) is 0 Å². The number of hydrogen-bond donors (Lipinski definition) is 1. The summed E-state index contributed by atoms with van der Waals surface area (Å²) in [6.07, 6.45) is -4.53. The SMILES string of the molecule is CC(C)c1cc(C(F)(F)F)c2cc(C(=O)O)sc2n1. The van der Waals surface area contributed by atoms with Gasteiger partial charge < -0.3 is 5.11 Å². The maximum atomic E-state index is 13.0. The number of hydrogen-bond acceptors (Lipinski definition) is 3. The summed E-state index contributed by atoms with van der Waals surface area (Å²) in [4.78, 5) is 14.9. The van der Waals surface area contributed by atoms with Gasteiger partial charge in [-0.25, -0.2) is 9.78 Å². The van der Waals surface area contributed by atoms with Crippen LogP contribution >= 0.6 is 11.3 Å². The van der Waals surface area contributed by atoms with Gasteiger partial charge in [0.15, 0.2) is 0 Å². The molecule has 0 bridgehead atoms. The molecule has 0 aromatic carbocycles. The average molecular weight is 289 g/mol. The molecule has 0 saturated carbocycles. The third-order valence-corrected chi connectivity index (χ3v) is 3.65. The van der Waals surface area contributed by atoms with Crippen molar-refractivity contribution in [1.29, 1.82) is 0 Å². The first kappa shape index (κ1) is 13.8. The minimum absolute atomic E-state index is 0.107. The molecule has 0 fully saturated rings. The Bertz CT molecular complexity index is 646. The Morgan fingerprint density at radius 3 is 2.47 bits per heavy atom. The highest BCUT2D eigenvalue weighted by Gasteiger charge is 2.34. The van der Waals surface area contributed by atoms with Crippen LogP contribution in [-0.4, -0.2) is 16.1 Å². The fraction of sp³-hybridized carbons (Fsp3) is 0.333. The van der Waals surface area contributed by atoms with Crippen molar-refractivity contribution >= 4 is 27.5 Å². The van der Waals surface area contributed by atoms with Crippen LogP contribution in [0.3, 0.4) is 0 Å². The van der Waals surface area contributed by atoms with Gasteiger partial charge in [-0.05, 0) is 18.1 Å². The average Bonchev–Trinajstić information content (AvgIpc) is 2.69. The largest absolute Gasteiger partial charge is 0.477 e. The number of carboxylic acids is 1. The molecular formula is C12H10F3NO2S. The standard InChI is InChI=1S/C12H10F3NO2S/c1-5(2)8-4-7(12(13,14)15)6-3-9(11(17)18)19-10(6)16-8/h3-5H,1-2H3,(H,17,18). The number of aromatic nitrogens is 1. The molecule has 1 N–H and O–H groups in total. The summed E-state index contributed by atoms with van der Waals surface area (Å²) < 4.78 is 39.0. The van der Waals surface area contributed by atoms with Crippen LogP contribution in [-0.2, 0) is 6.18 Å². The van der Waals surface area contributed by atoms with Crippen LogP contribution in [0.25, 0.3) is 10.2 Å². The lowest BCUT2D eigenvalue weighted by molar-refractivity contribution is -0.136. The van der Waals surface area contributed by atoms with Crippen molar-refractivity contribution in [3.05, 3.63) is 28.3 Å².